The van der Waals surface area contributed by atoms with Crippen molar-refractivity contribution in [1.29, 1.82) is 0 Å². The second kappa shape index (κ2) is 8.16. The molecule has 0 aliphatic carbocycles. The maximum absolute atomic E-state index is 11.8. The zero-order valence-corrected chi connectivity index (χ0v) is 15.4. The van der Waals surface area contributed by atoms with Gasteiger partial charge in [0.25, 0.3) is 0 Å². The Morgan fingerprint density at radius 3 is 2.36 bits per heavy atom. The number of carbonyl (C=O) groups excluding carboxylic acids is 1. The van der Waals surface area contributed by atoms with Gasteiger partial charge in [0.15, 0.2) is 0 Å². The number of hydrogen-bond acceptors (Lipinski definition) is 4. The minimum Gasteiger partial charge on any atom is -0.480 e. The molecule has 1 atom stereocenters. The average molecular weight is 361 g/mol. The Labute approximate surface area is 151 Å². The molecule has 2 N–H and O–H groups in total. The van der Waals surface area contributed by atoms with Gasteiger partial charge in [0.1, 0.15) is 11.6 Å². The highest BCUT2D eigenvalue weighted by molar-refractivity contribution is 7.12. The number of ether oxygens (including phenoxy) is 1. The summed E-state index contributed by atoms with van der Waals surface area (Å²) in [6.07, 6.45) is 0.317. The van der Waals surface area contributed by atoms with Gasteiger partial charge in [0, 0.05) is 22.6 Å². The van der Waals surface area contributed by atoms with Gasteiger partial charge in [0.05, 0.1) is 0 Å². The molecule has 25 heavy (non-hydrogen) atoms. The molecule has 0 aliphatic heterocycles. The molecule has 0 bridgehead atoms. The topological polar surface area (TPSA) is 75.6 Å². The molecular weight excluding hydrogens is 338 g/mol. The van der Waals surface area contributed by atoms with E-state index in [4.69, 9.17) is 4.74 Å². The third-order valence-corrected chi connectivity index (χ3v) is 4.44. The first-order chi connectivity index (χ1) is 11.7. The quantitative estimate of drug-likeness (QED) is 0.819. The molecule has 1 unspecified atom stereocenters. The number of aliphatic carboxylic acids is 1. The first-order valence-electron chi connectivity index (χ1n) is 8.07. The smallest absolute Gasteiger partial charge is 0.408 e. The van der Waals surface area contributed by atoms with Gasteiger partial charge in [-0.1, -0.05) is 30.3 Å². The number of carbonyl (C=O) groups is 2. The number of carboxylic acid groups (broad SMARTS) is 1. The number of alkyl carbamates (subject to hydrolysis) is 1. The first-order valence-corrected chi connectivity index (χ1v) is 8.88. The van der Waals surface area contributed by atoms with Crippen molar-refractivity contribution < 1.29 is 19.4 Å². The molecule has 1 amide bonds. The minimum atomic E-state index is -1.08. The van der Waals surface area contributed by atoms with Gasteiger partial charge in [0.2, 0.25) is 0 Å². The maximum atomic E-state index is 11.8. The third kappa shape index (κ3) is 6.58. The Balaban J connectivity index is 1.98. The minimum absolute atomic E-state index is 0.230. The normalized spacial score (nSPS) is 12.4. The van der Waals surface area contributed by atoms with Crippen molar-refractivity contribution in [3.05, 3.63) is 57.8 Å². The van der Waals surface area contributed by atoms with E-state index in [1.54, 1.807) is 32.1 Å². The van der Waals surface area contributed by atoms with Gasteiger partial charge in [-0.15, -0.1) is 11.3 Å². The summed E-state index contributed by atoms with van der Waals surface area (Å²) in [6.45, 7) is 5.20. The number of carboxylic acids is 1. The Kier molecular flexibility index (Phi) is 6.20. The molecule has 0 radical (unpaired) electrons. The highest BCUT2D eigenvalue weighted by atomic mass is 32.1. The van der Waals surface area contributed by atoms with E-state index in [0.29, 0.717) is 0 Å². The van der Waals surface area contributed by atoms with E-state index in [2.05, 4.69) is 17.4 Å². The summed E-state index contributed by atoms with van der Waals surface area (Å²) in [4.78, 5) is 25.3. The fraction of sp³-hybridized carbons (Fsp3) is 0.368. The number of thiophene rings is 1. The van der Waals surface area contributed by atoms with Gasteiger partial charge >= 0.3 is 12.1 Å². The Hall–Kier alpha value is -2.34. The van der Waals surface area contributed by atoms with Crippen molar-refractivity contribution in [1.82, 2.24) is 5.32 Å². The van der Waals surface area contributed by atoms with Crippen molar-refractivity contribution in [2.75, 3.05) is 0 Å². The van der Waals surface area contributed by atoms with Gasteiger partial charge in [-0.05, 0) is 38.5 Å². The lowest BCUT2D eigenvalue weighted by Gasteiger charge is -2.21. The van der Waals surface area contributed by atoms with Crippen LogP contribution in [0.5, 0.6) is 0 Å². The number of nitrogens with one attached hydrogen (secondary N) is 1. The fourth-order valence-electron chi connectivity index (χ4n) is 2.28. The zero-order valence-electron chi connectivity index (χ0n) is 14.6. The van der Waals surface area contributed by atoms with E-state index < -0.39 is 23.7 Å². The van der Waals surface area contributed by atoms with Crippen LogP contribution in [0.25, 0.3) is 0 Å². The standard InChI is InChI=1S/C19H23NO4S/c1-19(2,3)24-18(23)20-16(17(21)22)12-15-10-9-14(25-15)11-13-7-5-4-6-8-13/h4-10,16H,11-12H2,1-3H3,(H,20,23)(H,21,22). The second-order valence-corrected chi connectivity index (χ2v) is 8.02. The lowest BCUT2D eigenvalue weighted by atomic mass is 10.1. The van der Waals surface area contributed by atoms with Crippen LogP contribution in [0.3, 0.4) is 0 Å². The Bertz CT molecular complexity index is 719. The molecule has 6 heteroatoms. The monoisotopic (exact) mass is 361 g/mol. The molecule has 134 valence electrons. The largest absolute Gasteiger partial charge is 0.480 e. The van der Waals surface area contributed by atoms with E-state index in [1.807, 2.05) is 30.3 Å². The highest BCUT2D eigenvalue weighted by Gasteiger charge is 2.24. The summed E-state index contributed by atoms with van der Waals surface area (Å²) in [6, 6.07) is 13.0. The Morgan fingerprint density at radius 2 is 1.76 bits per heavy atom. The van der Waals surface area contributed by atoms with Crippen molar-refractivity contribution in [2.24, 2.45) is 0 Å². The van der Waals surface area contributed by atoms with Gasteiger partial charge in [-0.3, -0.25) is 0 Å². The lowest BCUT2D eigenvalue weighted by Crippen LogP contribution is -2.44. The van der Waals surface area contributed by atoms with Crippen LogP contribution in [0.1, 0.15) is 36.1 Å². The SMILES string of the molecule is CC(C)(C)OC(=O)NC(Cc1ccc(Cc2ccccc2)s1)C(=O)O. The summed E-state index contributed by atoms with van der Waals surface area (Å²) >= 11 is 1.56. The number of rotatable bonds is 6. The van der Waals surface area contributed by atoms with Gasteiger partial charge in [-0.25, -0.2) is 9.59 Å². The molecule has 5 nitrogen and oxygen atoms in total. The summed E-state index contributed by atoms with van der Waals surface area (Å²) in [5, 5.41) is 11.8. The molecule has 2 aromatic rings. The van der Waals surface area contributed by atoms with Crippen LogP contribution in [-0.2, 0) is 22.4 Å². The van der Waals surface area contributed by atoms with Gasteiger partial charge < -0.3 is 15.2 Å². The van der Waals surface area contributed by atoms with Crippen LogP contribution in [0, 0.1) is 0 Å². The van der Waals surface area contributed by atoms with Crippen LogP contribution in [-0.4, -0.2) is 28.8 Å². The molecule has 1 aromatic carbocycles. The number of amides is 1. The second-order valence-electron chi connectivity index (χ2n) is 6.77. The van der Waals surface area contributed by atoms with Crippen molar-refractivity contribution in [2.45, 2.75) is 45.3 Å². The van der Waals surface area contributed by atoms with E-state index in [9.17, 15) is 14.7 Å². The maximum Gasteiger partial charge on any atom is 0.408 e. The predicted molar refractivity (Wildman–Crippen MR) is 98.1 cm³/mol. The molecule has 0 saturated heterocycles. The molecule has 0 fully saturated rings. The van der Waals surface area contributed by atoms with E-state index in [-0.39, 0.29) is 6.42 Å². The summed E-state index contributed by atoms with van der Waals surface area (Å²) in [7, 11) is 0. The summed E-state index contributed by atoms with van der Waals surface area (Å²) in [5.41, 5.74) is 0.538. The van der Waals surface area contributed by atoms with Crippen molar-refractivity contribution in [3.63, 3.8) is 0 Å². The summed E-state index contributed by atoms with van der Waals surface area (Å²) < 4.78 is 5.13. The van der Waals surface area contributed by atoms with Crippen LogP contribution in [0.4, 0.5) is 4.79 Å². The van der Waals surface area contributed by atoms with E-state index >= 15 is 0 Å². The van der Waals surface area contributed by atoms with Crippen molar-refractivity contribution >= 4 is 23.4 Å². The Morgan fingerprint density at radius 1 is 1.12 bits per heavy atom. The lowest BCUT2D eigenvalue weighted by molar-refractivity contribution is -0.139. The summed E-state index contributed by atoms with van der Waals surface area (Å²) in [5.74, 6) is -1.08. The van der Waals surface area contributed by atoms with E-state index in [0.717, 1.165) is 16.2 Å². The molecule has 0 saturated carbocycles. The zero-order chi connectivity index (χ0) is 18.4. The van der Waals surface area contributed by atoms with E-state index in [1.165, 1.54) is 5.56 Å². The fourth-order valence-corrected chi connectivity index (χ4v) is 3.37. The molecule has 1 heterocycles. The van der Waals surface area contributed by atoms with Crippen LogP contribution < -0.4 is 5.32 Å². The first kappa shape index (κ1) is 19.0. The highest BCUT2D eigenvalue weighted by Crippen LogP contribution is 2.21. The van der Waals surface area contributed by atoms with Crippen molar-refractivity contribution in [3.8, 4) is 0 Å². The molecule has 0 spiro atoms. The predicted octanol–water partition coefficient (Wildman–Crippen LogP) is 3.86. The van der Waals surface area contributed by atoms with Crippen LogP contribution in [0.2, 0.25) is 0 Å². The average Bonchev–Trinajstić information content (AvgIpc) is 2.92. The molecular formula is C19H23NO4S. The molecule has 0 aliphatic rings. The number of benzene rings is 1. The molecule has 2 rings (SSSR count). The van der Waals surface area contributed by atoms with Crippen LogP contribution >= 0.6 is 11.3 Å². The van der Waals surface area contributed by atoms with Crippen LogP contribution in [0.15, 0.2) is 42.5 Å². The third-order valence-electron chi connectivity index (χ3n) is 3.33. The molecule has 1 aromatic heterocycles. The van der Waals surface area contributed by atoms with Gasteiger partial charge in [-0.2, -0.15) is 0 Å². The number of hydrogen-bond donors (Lipinski definition) is 2.